The molecule has 0 heterocycles. The molecule has 3 rings (SSSR count). The van der Waals surface area contributed by atoms with Gasteiger partial charge >= 0.3 is 0 Å². The van der Waals surface area contributed by atoms with Crippen LogP contribution in [0.1, 0.15) is 36.8 Å². The van der Waals surface area contributed by atoms with E-state index in [1.807, 2.05) is 31.2 Å². The molecule has 0 aliphatic heterocycles. The van der Waals surface area contributed by atoms with Gasteiger partial charge < -0.3 is 0 Å². The van der Waals surface area contributed by atoms with Crippen molar-refractivity contribution < 1.29 is 12.8 Å². The van der Waals surface area contributed by atoms with Crippen molar-refractivity contribution in [1.82, 2.24) is 0 Å². The van der Waals surface area contributed by atoms with Gasteiger partial charge in [0.15, 0.2) is 9.84 Å². The lowest BCUT2D eigenvalue weighted by Crippen LogP contribution is -2.33. The maximum atomic E-state index is 13.2. The zero-order valence-electron chi connectivity index (χ0n) is 12.5. The van der Waals surface area contributed by atoms with Crippen LogP contribution in [-0.4, -0.2) is 8.42 Å². The molecule has 116 valence electrons. The standard InChI is InChI=1S/C18H19FO2S/c1-14-4-6-15(7-5-14)18(12-2-3-13-18)22(20,21)17-10-8-16(19)9-11-17/h4-11H,2-3,12-13H2,1H3. The van der Waals surface area contributed by atoms with Crippen molar-refractivity contribution in [3.05, 3.63) is 65.5 Å². The third kappa shape index (κ3) is 2.35. The Balaban J connectivity index is 2.14. The average Bonchev–Trinajstić information content (AvgIpc) is 3.00. The largest absolute Gasteiger partial charge is 0.223 e. The maximum Gasteiger partial charge on any atom is 0.188 e. The van der Waals surface area contributed by atoms with Gasteiger partial charge in [-0.25, -0.2) is 12.8 Å². The van der Waals surface area contributed by atoms with Gasteiger partial charge in [-0.1, -0.05) is 42.7 Å². The monoisotopic (exact) mass is 318 g/mol. The number of hydrogen-bond donors (Lipinski definition) is 0. The molecule has 0 aromatic heterocycles. The van der Waals surface area contributed by atoms with Crippen molar-refractivity contribution in [2.45, 2.75) is 42.2 Å². The summed E-state index contributed by atoms with van der Waals surface area (Å²) >= 11 is 0. The lowest BCUT2D eigenvalue weighted by atomic mass is 9.96. The molecule has 0 amide bonds. The van der Waals surface area contributed by atoms with E-state index in [1.54, 1.807) is 0 Å². The Morgan fingerprint density at radius 2 is 1.45 bits per heavy atom. The van der Waals surface area contributed by atoms with Gasteiger partial charge in [0.25, 0.3) is 0 Å². The molecule has 2 aromatic carbocycles. The Kier molecular flexibility index (Phi) is 3.81. The number of aryl methyl sites for hydroxylation is 1. The molecule has 4 heteroatoms. The van der Waals surface area contributed by atoms with Gasteiger partial charge in [0.05, 0.1) is 4.90 Å². The van der Waals surface area contributed by atoms with Gasteiger partial charge in [0, 0.05) is 0 Å². The summed E-state index contributed by atoms with van der Waals surface area (Å²) in [6.45, 7) is 1.99. The van der Waals surface area contributed by atoms with Crippen LogP contribution in [0.2, 0.25) is 0 Å². The van der Waals surface area contributed by atoms with Crippen LogP contribution in [0.15, 0.2) is 53.4 Å². The first kappa shape index (κ1) is 15.2. The van der Waals surface area contributed by atoms with Crippen molar-refractivity contribution >= 4 is 9.84 Å². The van der Waals surface area contributed by atoms with E-state index in [0.717, 1.165) is 24.0 Å². The summed E-state index contributed by atoms with van der Waals surface area (Å²) in [7, 11) is -3.55. The molecule has 22 heavy (non-hydrogen) atoms. The Labute approximate surface area is 130 Å². The van der Waals surface area contributed by atoms with Gasteiger partial charge in [0.2, 0.25) is 0 Å². The van der Waals surface area contributed by atoms with E-state index in [2.05, 4.69) is 0 Å². The molecule has 0 radical (unpaired) electrons. The maximum absolute atomic E-state index is 13.2. The molecule has 1 saturated carbocycles. The molecule has 1 aliphatic carbocycles. The van der Waals surface area contributed by atoms with E-state index in [1.165, 1.54) is 24.3 Å². The third-order valence-electron chi connectivity index (χ3n) is 4.63. The topological polar surface area (TPSA) is 34.1 Å². The number of benzene rings is 2. The van der Waals surface area contributed by atoms with E-state index in [9.17, 15) is 12.8 Å². The van der Waals surface area contributed by atoms with Crippen LogP contribution >= 0.6 is 0 Å². The van der Waals surface area contributed by atoms with Crippen molar-refractivity contribution in [1.29, 1.82) is 0 Å². The fourth-order valence-corrected chi connectivity index (χ4v) is 5.57. The summed E-state index contributed by atoms with van der Waals surface area (Å²) in [5.74, 6) is -0.422. The average molecular weight is 318 g/mol. The van der Waals surface area contributed by atoms with E-state index in [4.69, 9.17) is 0 Å². The summed E-state index contributed by atoms with van der Waals surface area (Å²) in [6.07, 6.45) is 3.04. The Bertz CT molecular complexity index is 756. The Morgan fingerprint density at radius 3 is 2.00 bits per heavy atom. The summed E-state index contributed by atoms with van der Waals surface area (Å²) in [6, 6.07) is 12.9. The second kappa shape index (κ2) is 5.51. The molecule has 0 saturated heterocycles. The molecule has 1 fully saturated rings. The molecule has 0 spiro atoms. The highest BCUT2D eigenvalue weighted by Gasteiger charge is 2.48. The summed E-state index contributed by atoms with van der Waals surface area (Å²) in [5, 5.41) is 0. The van der Waals surface area contributed by atoms with Crippen LogP contribution in [0.25, 0.3) is 0 Å². The molecule has 0 bridgehead atoms. The Hall–Kier alpha value is -1.68. The Morgan fingerprint density at radius 1 is 0.909 bits per heavy atom. The fourth-order valence-electron chi connectivity index (χ4n) is 3.36. The van der Waals surface area contributed by atoms with Crippen molar-refractivity contribution in [3.8, 4) is 0 Å². The molecule has 0 unspecified atom stereocenters. The van der Waals surface area contributed by atoms with Gasteiger partial charge in [-0.15, -0.1) is 0 Å². The van der Waals surface area contributed by atoms with Gasteiger partial charge in [0.1, 0.15) is 10.6 Å². The number of rotatable bonds is 3. The lowest BCUT2D eigenvalue weighted by Gasteiger charge is -2.29. The van der Waals surface area contributed by atoms with E-state index in [-0.39, 0.29) is 4.90 Å². The second-order valence-electron chi connectivity index (χ2n) is 6.02. The summed E-state index contributed by atoms with van der Waals surface area (Å²) < 4.78 is 38.7. The normalized spacial score (nSPS) is 17.5. The smallest absolute Gasteiger partial charge is 0.188 e. The molecular formula is C18H19FO2S. The highest BCUT2D eigenvalue weighted by atomic mass is 32.2. The number of sulfone groups is 1. The zero-order valence-corrected chi connectivity index (χ0v) is 13.4. The first-order chi connectivity index (χ1) is 10.5. The molecule has 2 aromatic rings. The van der Waals surface area contributed by atoms with Crippen LogP contribution in [-0.2, 0) is 14.6 Å². The van der Waals surface area contributed by atoms with Crippen molar-refractivity contribution in [2.75, 3.05) is 0 Å². The van der Waals surface area contributed by atoms with Crippen molar-refractivity contribution in [2.24, 2.45) is 0 Å². The minimum atomic E-state index is -3.55. The predicted octanol–water partition coefficient (Wildman–Crippen LogP) is 4.38. The van der Waals surface area contributed by atoms with E-state index >= 15 is 0 Å². The van der Waals surface area contributed by atoms with Crippen LogP contribution < -0.4 is 0 Å². The van der Waals surface area contributed by atoms with Crippen LogP contribution in [0.3, 0.4) is 0 Å². The highest BCUT2D eigenvalue weighted by molar-refractivity contribution is 7.92. The van der Waals surface area contributed by atoms with Crippen LogP contribution in [0.4, 0.5) is 4.39 Å². The fraction of sp³-hybridized carbons (Fsp3) is 0.333. The van der Waals surface area contributed by atoms with Crippen molar-refractivity contribution in [3.63, 3.8) is 0 Å². The zero-order chi connectivity index (χ0) is 15.8. The molecular weight excluding hydrogens is 299 g/mol. The van der Waals surface area contributed by atoms with E-state index < -0.39 is 20.4 Å². The summed E-state index contributed by atoms with van der Waals surface area (Å²) in [4.78, 5) is 0.205. The molecule has 0 N–H and O–H groups in total. The van der Waals surface area contributed by atoms with Gasteiger partial charge in [-0.3, -0.25) is 0 Å². The van der Waals surface area contributed by atoms with Gasteiger partial charge in [-0.05, 0) is 49.6 Å². The molecule has 0 atom stereocenters. The number of halogens is 1. The first-order valence-corrected chi connectivity index (χ1v) is 9.01. The minimum Gasteiger partial charge on any atom is -0.223 e. The second-order valence-corrected chi connectivity index (χ2v) is 8.28. The minimum absolute atomic E-state index is 0.205. The van der Waals surface area contributed by atoms with E-state index in [0.29, 0.717) is 12.8 Å². The highest BCUT2D eigenvalue weighted by Crippen LogP contribution is 2.48. The predicted molar refractivity (Wildman–Crippen MR) is 84.9 cm³/mol. The quantitative estimate of drug-likeness (QED) is 0.787. The van der Waals surface area contributed by atoms with Crippen LogP contribution in [0.5, 0.6) is 0 Å². The van der Waals surface area contributed by atoms with Gasteiger partial charge in [-0.2, -0.15) is 0 Å². The molecule has 2 nitrogen and oxygen atoms in total. The first-order valence-electron chi connectivity index (χ1n) is 7.53. The van der Waals surface area contributed by atoms with Crippen LogP contribution in [0, 0.1) is 12.7 Å². The lowest BCUT2D eigenvalue weighted by molar-refractivity contribution is 0.523. The molecule has 1 aliphatic rings. The summed E-state index contributed by atoms with van der Waals surface area (Å²) in [5.41, 5.74) is 1.95. The number of hydrogen-bond acceptors (Lipinski definition) is 2. The SMILES string of the molecule is Cc1ccc(C2(S(=O)(=O)c3ccc(F)cc3)CCCC2)cc1. The third-order valence-corrected chi connectivity index (χ3v) is 7.19.